The van der Waals surface area contributed by atoms with E-state index in [4.69, 9.17) is 0 Å². The molecule has 1 nitrogen and oxygen atoms in total. The summed E-state index contributed by atoms with van der Waals surface area (Å²) in [6, 6.07) is 9.96. The Morgan fingerprint density at radius 3 is 2.40 bits per heavy atom. The molecular weight excluding hydrogens is 385 g/mol. The van der Waals surface area contributed by atoms with Crippen LogP contribution in [0.15, 0.2) is 42.5 Å². The number of anilines is 1. The van der Waals surface area contributed by atoms with Crippen LogP contribution in [0.5, 0.6) is 0 Å². The topological polar surface area (TPSA) is 12.0 Å². The minimum absolute atomic E-state index is 0.0125. The number of para-hydroxylation sites is 1. The SMILES string of the molecule is Fc1ccc(CNc2ccccc2I)c(C(F)(F)F)c1. The fourth-order valence-corrected chi connectivity index (χ4v) is 2.34. The molecule has 20 heavy (non-hydrogen) atoms. The summed E-state index contributed by atoms with van der Waals surface area (Å²) < 4.78 is 52.4. The largest absolute Gasteiger partial charge is 0.416 e. The summed E-state index contributed by atoms with van der Waals surface area (Å²) in [6.07, 6.45) is -4.57. The van der Waals surface area contributed by atoms with Gasteiger partial charge in [0.1, 0.15) is 5.82 Å². The molecule has 0 atom stereocenters. The van der Waals surface area contributed by atoms with Gasteiger partial charge in [-0.3, -0.25) is 0 Å². The first-order chi connectivity index (χ1) is 9.38. The lowest BCUT2D eigenvalue weighted by molar-refractivity contribution is -0.138. The summed E-state index contributed by atoms with van der Waals surface area (Å²) in [7, 11) is 0. The summed E-state index contributed by atoms with van der Waals surface area (Å²) in [5.41, 5.74) is -0.194. The highest BCUT2D eigenvalue weighted by Gasteiger charge is 2.33. The Morgan fingerprint density at radius 2 is 1.75 bits per heavy atom. The van der Waals surface area contributed by atoms with E-state index in [-0.39, 0.29) is 12.1 Å². The third-order valence-corrected chi connectivity index (χ3v) is 3.66. The Bertz CT molecular complexity index is 610. The zero-order valence-electron chi connectivity index (χ0n) is 10.1. The van der Waals surface area contributed by atoms with Crippen molar-refractivity contribution in [2.75, 3.05) is 5.32 Å². The van der Waals surface area contributed by atoms with Crippen molar-refractivity contribution in [3.05, 3.63) is 63.0 Å². The summed E-state index contributed by atoms with van der Waals surface area (Å²) in [5, 5.41) is 2.93. The van der Waals surface area contributed by atoms with Crippen LogP contribution in [0, 0.1) is 9.39 Å². The van der Waals surface area contributed by atoms with Gasteiger partial charge in [0, 0.05) is 15.8 Å². The summed E-state index contributed by atoms with van der Waals surface area (Å²) in [5.74, 6) is -0.893. The minimum atomic E-state index is -4.57. The van der Waals surface area contributed by atoms with Crippen molar-refractivity contribution < 1.29 is 17.6 Å². The molecule has 0 bridgehead atoms. The molecule has 0 unspecified atom stereocenters. The molecule has 0 aliphatic rings. The van der Waals surface area contributed by atoms with Gasteiger partial charge in [-0.05, 0) is 52.4 Å². The van der Waals surface area contributed by atoms with Crippen LogP contribution < -0.4 is 5.32 Å². The average molecular weight is 395 g/mol. The van der Waals surface area contributed by atoms with Crippen molar-refractivity contribution in [1.29, 1.82) is 0 Å². The van der Waals surface area contributed by atoms with E-state index in [1.807, 2.05) is 12.1 Å². The van der Waals surface area contributed by atoms with Gasteiger partial charge < -0.3 is 5.32 Å². The van der Waals surface area contributed by atoms with Crippen LogP contribution in [0.2, 0.25) is 0 Å². The highest BCUT2D eigenvalue weighted by molar-refractivity contribution is 14.1. The van der Waals surface area contributed by atoms with Crippen LogP contribution in [0.4, 0.5) is 23.2 Å². The molecule has 0 saturated heterocycles. The zero-order valence-corrected chi connectivity index (χ0v) is 12.3. The third kappa shape index (κ3) is 3.62. The standard InChI is InChI=1S/C14H10F4IN/c15-10-6-5-9(11(7-10)14(16,17)18)8-20-13-4-2-1-3-12(13)19/h1-7,20H,8H2. The molecule has 106 valence electrons. The van der Waals surface area contributed by atoms with Gasteiger partial charge in [0.05, 0.1) is 5.56 Å². The molecule has 2 rings (SSSR count). The summed E-state index contributed by atoms with van der Waals surface area (Å²) in [6.45, 7) is -0.0187. The normalized spacial score (nSPS) is 11.4. The quantitative estimate of drug-likeness (QED) is 0.566. The van der Waals surface area contributed by atoms with E-state index in [1.54, 1.807) is 12.1 Å². The number of benzene rings is 2. The van der Waals surface area contributed by atoms with Crippen molar-refractivity contribution in [3.63, 3.8) is 0 Å². The van der Waals surface area contributed by atoms with Gasteiger partial charge in [0.15, 0.2) is 0 Å². The van der Waals surface area contributed by atoms with E-state index in [9.17, 15) is 17.6 Å². The lowest BCUT2D eigenvalue weighted by atomic mass is 10.1. The molecular formula is C14H10F4IN. The van der Waals surface area contributed by atoms with E-state index in [0.717, 1.165) is 21.4 Å². The first kappa shape index (κ1) is 15.1. The molecule has 2 aromatic carbocycles. The maximum Gasteiger partial charge on any atom is 0.416 e. The van der Waals surface area contributed by atoms with Crippen LogP contribution in [0.1, 0.15) is 11.1 Å². The van der Waals surface area contributed by atoms with Gasteiger partial charge in [-0.25, -0.2) is 4.39 Å². The predicted molar refractivity (Wildman–Crippen MR) is 77.9 cm³/mol. The lowest BCUT2D eigenvalue weighted by Crippen LogP contribution is -2.12. The molecule has 0 radical (unpaired) electrons. The van der Waals surface area contributed by atoms with Gasteiger partial charge in [-0.1, -0.05) is 18.2 Å². The molecule has 6 heteroatoms. The highest BCUT2D eigenvalue weighted by atomic mass is 127. The van der Waals surface area contributed by atoms with Crippen molar-refractivity contribution >= 4 is 28.3 Å². The average Bonchev–Trinajstić information content (AvgIpc) is 2.38. The fraction of sp³-hybridized carbons (Fsp3) is 0.143. The Labute approximate surface area is 127 Å². The molecule has 2 aromatic rings. The van der Waals surface area contributed by atoms with Crippen molar-refractivity contribution in [1.82, 2.24) is 0 Å². The zero-order chi connectivity index (χ0) is 14.8. The molecule has 0 heterocycles. The first-order valence-corrected chi connectivity index (χ1v) is 6.80. The predicted octanol–water partition coefficient (Wildman–Crippen LogP) is 5.06. The maximum atomic E-state index is 13.0. The van der Waals surface area contributed by atoms with E-state index < -0.39 is 17.6 Å². The van der Waals surface area contributed by atoms with Gasteiger partial charge in [-0.15, -0.1) is 0 Å². The fourth-order valence-electron chi connectivity index (χ4n) is 1.76. The Balaban J connectivity index is 2.24. The number of hydrogen-bond donors (Lipinski definition) is 1. The van der Waals surface area contributed by atoms with Crippen molar-refractivity contribution in [2.45, 2.75) is 12.7 Å². The second kappa shape index (κ2) is 5.99. The second-order valence-corrected chi connectivity index (χ2v) is 5.29. The van der Waals surface area contributed by atoms with Gasteiger partial charge in [-0.2, -0.15) is 13.2 Å². The van der Waals surface area contributed by atoms with Crippen molar-refractivity contribution in [2.24, 2.45) is 0 Å². The smallest absolute Gasteiger partial charge is 0.380 e. The van der Waals surface area contributed by atoms with Crippen LogP contribution in [0.25, 0.3) is 0 Å². The van der Waals surface area contributed by atoms with E-state index >= 15 is 0 Å². The summed E-state index contributed by atoms with van der Waals surface area (Å²) >= 11 is 2.09. The third-order valence-electron chi connectivity index (χ3n) is 2.72. The summed E-state index contributed by atoms with van der Waals surface area (Å²) in [4.78, 5) is 0. The second-order valence-electron chi connectivity index (χ2n) is 4.13. The van der Waals surface area contributed by atoms with Gasteiger partial charge in [0.25, 0.3) is 0 Å². The minimum Gasteiger partial charge on any atom is -0.380 e. The molecule has 0 spiro atoms. The van der Waals surface area contributed by atoms with Crippen LogP contribution in [0.3, 0.4) is 0 Å². The molecule has 0 saturated carbocycles. The van der Waals surface area contributed by atoms with Crippen LogP contribution >= 0.6 is 22.6 Å². The number of rotatable bonds is 3. The Hall–Kier alpha value is -1.31. The number of hydrogen-bond acceptors (Lipinski definition) is 1. The van der Waals surface area contributed by atoms with E-state index in [1.165, 1.54) is 0 Å². The molecule has 0 aliphatic heterocycles. The number of halogens is 5. The van der Waals surface area contributed by atoms with Crippen LogP contribution in [-0.4, -0.2) is 0 Å². The highest BCUT2D eigenvalue weighted by Crippen LogP contribution is 2.33. The van der Waals surface area contributed by atoms with Crippen LogP contribution in [-0.2, 0) is 12.7 Å². The molecule has 0 aromatic heterocycles. The molecule has 0 aliphatic carbocycles. The lowest BCUT2D eigenvalue weighted by Gasteiger charge is -2.14. The van der Waals surface area contributed by atoms with Crippen molar-refractivity contribution in [3.8, 4) is 0 Å². The number of nitrogens with one attached hydrogen (secondary N) is 1. The monoisotopic (exact) mass is 395 g/mol. The van der Waals surface area contributed by atoms with Gasteiger partial charge >= 0.3 is 6.18 Å². The molecule has 0 fully saturated rings. The molecule has 0 amide bonds. The molecule has 1 N–H and O–H groups in total. The van der Waals surface area contributed by atoms with E-state index in [2.05, 4.69) is 27.9 Å². The Kier molecular flexibility index (Phi) is 4.52. The maximum absolute atomic E-state index is 13.0. The van der Waals surface area contributed by atoms with E-state index in [0.29, 0.717) is 6.07 Å². The Morgan fingerprint density at radius 1 is 1.05 bits per heavy atom. The first-order valence-electron chi connectivity index (χ1n) is 5.72. The van der Waals surface area contributed by atoms with Gasteiger partial charge in [0.2, 0.25) is 0 Å². The number of alkyl halides is 3.